The van der Waals surface area contributed by atoms with E-state index in [2.05, 4.69) is 5.32 Å². The van der Waals surface area contributed by atoms with Crippen molar-refractivity contribution in [2.45, 2.75) is 13.8 Å². The number of ether oxygens (including phenoxy) is 2. The largest absolute Gasteiger partial charge is 0.466 e. The van der Waals surface area contributed by atoms with Crippen molar-refractivity contribution in [2.24, 2.45) is 5.92 Å². The molecule has 0 atom stereocenters. The Kier molecular flexibility index (Phi) is 6.04. The fourth-order valence-electron chi connectivity index (χ4n) is 2.81. The number of benzene rings is 1. The number of rotatable bonds is 4. The average Bonchev–Trinajstić information content (AvgIpc) is 2.61. The van der Waals surface area contributed by atoms with Crippen LogP contribution in [0.25, 0.3) is 5.03 Å². The zero-order chi connectivity index (χ0) is 18.6. The molecule has 0 amide bonds. The van der Waals surface area contributed by atoms with Gasteiger partial charge in [-0.3, -0.25) is 0 Å². The van der Waals surface area contributed by atoms with E-state index in [0.29, 0.717) is 27.6 Å². The lowest BCUT2D eigenvalue weighted by molar-refractivity contribution is -0.137. The normalized spacial score (nSPS) is 15.8. The number of hydrogen-bond donors (Lipinski definition) is 1. The Morgan fingerprint density at radius 2 is 1.48 bits per heavy atom. The maximum atomic E-state index is 12.3. The van der Waals surface area contributed by atoms with E-state index in [-0.39, 0.29) is 0 Å². The predicted octanol–water partition coefficient (Wildman–Crippen LogP) is 3.38. The average molecular weight is 362 g/mol. The minimum atomic E-state index is -0.672. The van der Waals surface area contributed by atoms with Crippen LogP contribution in [0.2, 0.25) is 0 Å². The van der Waals surface area contributed by atoms with E-state index in [4.69, 9.17) is 21.1 Å². The van der Waals surface area contributed by atoms with Crippen molar-refractivity contribution < 1.29 is 19.1 Å². The second kappa shape index (κ2) is 8.03. The van der Waals surface area contributed by atoms with Gasteiger partial charge in [-0.15, -0.1) is 0 Å². The van der Waals surface area contributed by atoms with E-state index in [1.54, 1.807) is 19.9 Å². The van der Waals surface area contributed by atoms with E-state index in [1.807, 2.05) is 30.3 Å². The summed E-state index contributed by atoms with van der Waals surface area (Å²) in [6.45, 7) is 3.50. The molecule has 0 saturated carbocycles. The third kappa shape index (κ3) is 3.94. The summed E-state index contributed by atoms with van der Waals surface area (Å²) in [7, 11) is 2.59. The molecule has 0 radical (unpaired) electrons. The Morgan fingerprint density at radius 3 is 1.92 bits per heavy atom. The summed E-state index contributed by atoms with van der Waals surface area (Å²) >= 11 is 6.45. The Hall–Kier alpha value is -2.53. The summed E-state index contributed by atoms with van der Waals surface area (Å²) in [5.41, 5.74) is 2.64. The van der Waals surface area contributed by atoms with E-state index < -0.39 is 17.9 Å². The minimum Gasteiger partial charge on any atom is -0.466 e. The molecule has 2 rings (SSSR count). The van der Waals surface area contributed by atoms with Crippen molar-refractivity contribution in [1.29, 1.82) is 0 Å². The summed E-state index contributed by atoms with van der Waals surface area (Å²) < 4.78 is 9.78. The van der Waals surface area contributed by atoms with Gasteiger partial charge in [-0.05, 0) is 19.4 Å². The van der Waals surface area contributed by atoms with Crippen molar-refractivity contribution in [3.05, 3.63) is 64.5 Å². The van der Waals surface area contributed by atoms with Crippen LogP contribution in [-0.2, 0) is 19.1 Å². The molecule has 1 heterocycles. The highest BCUT2D eigenvalue weighted by Gasteiger charge is 2.35. The van der Waals surface area contributed by atoms with E-state index >= 15 is 0 Å². The third-order valence-electron chi connectivity index (χ3n) is 3.98. The summed E-state index contributed by atoms with van der Waals surface area (Å²) in [6.07, 6.45) is 1.67. The van der Waals surface area contributed by atoms with Gasteiger partial charge in [-0.2, -0.15) is 0 Å². The molecule has 0 saturated heterocycles. The van der Waals surface area contributed by atoms with Crippen molar-refractivity contribution in [2.75, 3.05) is 14.2 Å². The Bertz CT molecular complexity index is 740. The van der Waals surface area contributed by atoms with E-state index in [0.717, 1.165) is 5.56 Å². The first-order valence-electron chi connectivity index (χ1n) is 7.68. The summed E-state index contributed by atoms with van der Waals surface area (Å²) in [5.74, 6) is -1.73. The van der Waals surface area contributed by atoms with Crippen LogP contribution < -0.4 is 5.32 Å². The topological polar surface area (TPSA) is 64.6 Å². The van der Waals surface area contributed by atoms with Gasteiger partial charge in [0.2, 0.25) is 0 Å². The summed E-state index contributed by atoms with van der Waals surface area (Å²) in [6, 6.07) is 9.30. The maximum Gasteiger partial charge on any atom is 0.336 e. The fourth-order valence-corrected chi connectivity index (χ4v) is 3.07. The number of methoxy groups -OCH3 is 2. The van der Waals surface area contributed by atoms with Crippen LogP contribution in [0.3, 0.4) is 0 Å². The quantitative estimate of drug-likeness (QED) is 0.833. The molecule has 0 bridgehead atoms. The maximum absolute atomic E-state index is 12.3. The standard InChI is InChI=1S/C19H20ClNO4/c1-11-16(18(22)24-3)14(17(12(2)21-11)19(23)25-4)10-15(20)13-8-6-5-7-9-13/h5-10,14,21H,1-4H3. The van der Waals surface area contributed by atoms with Crippen LogP contribution in [0.4, 0.5) is 0 Å². The van der Waals surface area contributed by atoms with Gasteiger partial charge >= 0.3 is 11.9 Å². The van der Waals surface area contributed by atoms with Crippen molar-refractivity contribution in [1.82, 2.24) is 5.32 Å². The van der Waals surface area contributed by atoms with Gasteiger partial charge in [-0.1, -0.05) is 48.0 Å². The van der Waals surface area contributed by atoms with Crippen LogP contribution in [0, 0.1) is 5.92 Å². The fraction of sp³-hybridized carbons (Fsp3) is 0.263. The van der Waals surface area contributed by atoms with Crippen LogP contribution in [0.1, 0.15) is 19.4 Å². The highest BCUT2D eigenvalue weighted by molar-refractivity contribution is 6.48. The molecule has 0 aromatic heterocycles. The molecule has 6 heteroatoms. The number of nitrogens with one attached hydrogen (secondary N) is 1. The number of esters is 2. The molecule has 0 aliphatic carbocycles. The highest BCUT2D eigenvalue weighted by atomic mass is 35.5. The first-order chi connectivity index (χ1) is 11.9. The van der Waals surface area contributed by atoms with Crippen molar-refractivity contribution >= 4 is 28.6 Å². The highest BCUT2D eigenvalue weighted by Crippen LogP contribution is 2.35. The lowest BCUT2D eigenvalue weighted by atomic mass is 9.84. The monoisotopic (exact) mass is 361 g/mol. The number of carbonyl (C=O) groups excluding carboxylic acids is 2. The molecule has 132 valence electrons. The second-order valence-corrected chi connectivity index (χ2v) is 5.95. The van der Waals surface area contributed by atoms with Crippen LogP contribution in [-0.4, -0.2) is 26.2 Å². The molecule has 0 spiro atoms. The SMILES string of the molecule is COC(=O)C1=C(C)NC(C)=C(C(=O)OC)C1C=C(Cl)c1ccccc1. The van der Waals surface area contributed by atoms with Crippen LogP contribution in [0.5, 0.6) is 0 Å². The Morgan fingerprint density at radius 1 is 1.00 bits per heavy atom. The van der Waals surface area contributed by atoms with Gasteiger partial charge in [-0.25, -0.2) is 9.59 Å². The molecule has 5 nitrogen and oxygen atoms in total. The van der Waals surface area contributed by atoms with Gasteiger partial charge < -0.3 is 14.8 Å². The number of carbonyl (C=O) groups is 2. The van der Waals surface area contributed by atoms with E-state index in [9.17, 15) is 9.59 Å². The number of allylic oxidation sites excluding steroid dienone is 3. The van der Waals surface area contributed by atoms with Crippen LogP contribution >= 0.6 is 11.6 Å². The van der Waals surface area contributed by atoms with Gasteiger partial charge in [0.25, 0.3) is 0 Å². The first-order valence-corrected chi connectivity index (χ1v) is 8.06. The lowest BCUT2D eigenvalue weighted by Gasteiger charge is -2.28. The lowest BCUT2D eigenvalue weighted by Crippen LogP contribution is -2.32. The molecule has 0 fully saturated rings. The Labute approximate surface area is 152 Å². The molecule has 1 N–H and O–H groups in total. The minimum absolute atomic E-state index is 0.322. The van der Waals surface area contributed by atoms with Gasteiger partial charge in [0.05, 0.1) is 25.4 Å². The predicted molar refractivity (Wildman–Crippen MR) is 96.3 cm³/mol. The summed E-state index contributed by atoms with van der Waals surface area (Å²) in [4.78, 5) is 24.6. The zero-order valence-electron chi connectivity index (χ0n) is 14.6. The van der Waals surface area contributed by atoms with Crippen molar-refractivity contribution in [3.63, 3.8) is 0 Å². The molecular formula is C19H20ClNO4. The first kappa shape index (κ1) is 18.8. The van der Waals surface area contributed by atoms with Gasteiger partial charge in [0.1, 0.15) is 0 Å². The number of halogens is 1. The molecular weight excluding hydrogens is 342 g/mol. The molecule has 1 aliphatic rings. The molecule has 0 unspecified atom stereocenters. The smallest absolute Gasteiger partial charge is 0.336 e. The van der Waals surface area contributed by atoms with Crippen LogP contribution in [0.15, 0.2) is 58.9 Å². The number of dihydropyridines is 1. The molecule has 1 aliphatic heterocycles. The number of hydrogen-bond acceptors (Lipinski definition) is 5. The van der Waals surface area contributed by atoms with Gasteiger partial charge in [0, 0.05) is 22.3 Å². The Balaban J connectivity index is 2.60. The third-order valence-corrected chi connectivity index (χ3v) is 4.32. The molecule has 1 aromatic rings. The van der Waals surface area contributed by atoms with Crippen molar-refractivity contribution in [3.8, 4) is 0 Å². The molecule has 1 aromatic carbocycles. The molecule has 25 heavy (non-hydrogen) atoms. The van der Waals surface area contributed by atoms with Gasteiger partial charge in [0.15, 0.2) is 0 Å². The summed E-state index contributed by atoms with van der Waals surface area (Å²) in [5, 5.41) is 3.46. The second-order valence-electron chi connectivity index (χ2n) is 5.54. The zero-order valence-corrected chi connectivity index (χ0v) is 15.3. The van der Waals surface area contributed by atoms with E-state index in [1.165, 1.54) is 14.2 Å².